The Labute approximate surface area is 352 Å². The number of hydrogen-bond donors (Lipinski definition) is 4. The Balaban J connectivity index is 0.000000233. The number of carbonyl (C=O) groups is 2. The molecule has 0 aliphatic heterocycles. The molecule has 0 amide bonds. The van der Waals surface area contributed by atoms with E-state index in [0.717, 1.165) is 88.9 Å². The lowest BCUT2D eigenvalue weighted by Gasteiger charge is -2.22. The summed E-state index contributed by atoms with van der Waals surface area (Å²) in [6.45, 7) is 5.84. The first-order valence-electron chi connectivity index (χ1n) is 20.1. The van der Waals surface area contributed by atoms with Crippen LogP contribution < -0.4 is 10.2 Å². The molecule has 0 radical (unpaired) electrons. The first-order chi connectivity index (χ1) is 29.0. The SMILES string of the molecule is O=C([O-])C(=O)[O-].Oc1ccc(CCN(CCc2ccccc2)CCc2ccccc2)cc1O.Oc1ccc(CCN(CCc2ccccc2)CCc2ccccc2)cc1O. The van der Waals surface area contributed by atoms with Crippen LogP contribution in [0.5, 0.6) is 23.0 Å². The first-order valence-corrected chi connectivity index (χ1v) is 20.1. The average Bonchev–Trinajstić information content (AvgIpc) is 3.27. The Morgan fingerprint density at radius 1 is 0.333 bits per heavy atom. The van der Waals surface area contributed by atoms with E-state index in [1.54, 1.807) is 24.3 Å². The van der Waals surface area contributed by atoms with E-state index in [1.807, 2.05) is 36.4 Å². The van der Waals surface area contributed by atoms with E-state index >= 15 is 0 Å². The van der Waals surface area contributed by atoms with Crippen LogP contribution in [-0.2, 0) is 48.1 Å². The maximum absolute atomic E-state index is 9.71. The van der Waals surface area contributed by atoms with E-state index in [9.17, 15) is 20.4 Å². The molecule has 10 nitrogen and oxygen atoms in total. The van der Waals surface area contributed by atoms with Crippen LogP contribution in [0.2, 0.25) is 0 Å². The summed E-state index contributed by atoms with van der Waals surface area (Å²) in [6.07, 6.45) is 5.79. The monoisotopic (exact) mass is 810 g/mol. The minimum absolute atomic E-state index is 0.0485. The summed E-state index contributed by atoms with van der Waals surface area (Å²) >= 11 is 0. The largest absolute Gasteiger partial charge is 0.543 e. The number of carbonyl (C=O) groups excluding carboxylic acids is 2. The van der Waals surface area contributed by atoms with E-state index in [0.29, 0.717) is 0 Å². The number of rotatable bonds is 18. The van der Waals surface area contributed by atoms with Crippen LogP contribution in [-0.4, -0.2) is 81.4 Å². The lowest BCUT2D eigenvalue weighted by molar-refractivity contribution is -0.345. The molecule has 6 rings (SSSR count). The van der Waals surface area contributed by atoms with Crippen LogP contribution in [0, 0.1) is 0 Å². The molecule has 0 unspecified atom stereocenters. The molecule has 0 aliphatic carbocycles. The van der Waals surface area contributed by atoms with Crippen LogP contribution in [0.25, 0.3) is 0 Å². The lowest BCUT2D eigenvalue weighted by atomic mass is 10.1. The summed E-state index contributed by atoms with van der Waals surface area (Å²) in [5.74, 6) is -4.60. The third-order valence-electron chi connectivity index (χ3n) is 9.92. The molecular formula is C50H54N2O8-2. The number of phenols is 4. The van der Waals surface area contributed by atoms with Crippen molar-refractivity contribution in [2.24, 2.45) is 0 Å². The van der Waals surface area contributed by atoms with Crippen molar-refractivity contribution >= 4 is 11.9 Å². The molecule has 0 bridgehead atoms. The van der Waals surface area contributed by atoms with Gasteiger partial charge in [0.1, 0.15) is 0 Å². The maximum atomic E-state index is 9.71. The standard InChI is InChI=1S/2C24H27NO2.C2H2O4/c2*26-23-12-11-22(19-24(23)27)15-18-25(16-13-20-7-3-1-4-8-20)17-14-21-9-5-2-6-10-21;3-1(4)2(5)6/h2*1-12,19,26-27H,13-18H2;(H,3,4)(H,5,6)/p-2. The van der Waals surface area contributed by atoms with Gasteiger partial charge in [0, 0.05) is 39.3 Å². The number of nitrogens with zero attached hydrogens (tertiary/aromatic N) is 2. The fraction of sp³-hybridized carbons (Fsp3) is 0.240. The zero-order chi connectivity index (χ0) is 43.0. The Morgan fingerprint density at radius 3 is 0.783 bits per heavy atom. The van der Waals surface area contributed by atoms with Gasteiger partial charge in [0.15, 0.2) is 23.0 Å². The molecular weight excluding hydrogens is 757 g/mol. The predicted octanol–water partition coefficient (Wildman–Crippen LogP) is 5.34. The second kappa shape index (κ2) is 25.7. The van der Waals surface area contributed by atoms with E-state index in [-0.39, 0.29) is 23.0 Å². The van der Waals surface area contributed by atoms with Gasteiger partial charge < -0.3 is 50.0 Å². The number of hydrogen-bond acceptors (Lipinski definition) is 10. The van der Waals surface area contributed by atoms with Gasteiger partial charge in [-0.25, -0.2) is 0 Å². The Morgan fingerprint density at radius 2 is 0.567 bits per heavy atom. The van der Waals surface area contributed by atoms with Crippen LogP contribution in [0.3, 0.4) is 0 Å². The molecule has 0 aromatic heterocycles. The van der Waals surface area contributed by atoms with Gasteiger partial charge in [-0.15, -0.1) is 0 Å². The van der Waals surface area contributed by atoms with E-state index in [1.165, 1.54) is 22.3 Å². The quantitative estimate of drug-likeness (QED) is 0.0658. The summed E-state index contributed by atoms with van der Waals surface area (Å²) < 4.78 is 0. The highest BCUT2D eigenvalue weighted by Gasteiger charge is 2.10. The number of phenolic OH excluding ortho intramolecular Hbond substituents is 4. The van der Waals surface area contributed by atoms with Gasteiger partial charge in [-0.3, -0.25) is 0 Å². The molecule has 0 fully saturated rings. The van der Waals surface area contributed by atoms with Crippen molar-refractivity contribution < 1.29 is 40.2 Å². The first kappa shape index (κ1) is 46.1. The van der Waals surface area contributed by atoms with Crippen LogP contribution in [0.1, 0.15) is 33.4 Å². The van der Waals surface area contributed by atoms with Gasteiger partial charge in [-0.1, -0.05) is 133 Å². The Hall–Kier alpha value is -6.62. The van der Waals surface area contributed by atoms with Gasteiger partial charge in [0.05, 0.1) is 11.9 Å². The third-order valence-corrected chi connectivity index (χ3v) is 9.92. The van der Waals surface area contributed by atoms with Gasteiger partial charge in [-0.05, 0) is 96.2 Å². The van der Waals surface area contributed by atoms with E-state index in [4.69, 9.17) is 19.8 Å². The highest BCUT2D eigenvalue weighted by atomic mass is 16.4. The number of aliphatic carboxylic acids is 2. The average molecular weight is 811 g/mol. The number of carboxylic acid groups (broad SMARTS) is 2. The van der Waals surface area contributed by atoms with Crippen LogP contribution >= 0.6 is 0 Å². The molecule has 0 spiro atoms. The number of aromatic hydroxyl groups is 4. The summed E-state index contributed by atoms with van der Waals surface area (Å²) in [6, 6.07) is 52.5. The minimum atomic E-state index is -2.19. The second-order valence-corrected chi connectivity index (χ2v) is 14.3. The lowest BCUT2D eigenvalue weighted by Crippen LogP contribution is -2.42. The van der Waals surface area contributed by atoms with Gasteiger partial charge >= 0.3 is 0 Å². The summed E-state index contributed by atoms with van der Waals surface area (Å²) in [7, 11) is 0. The number of benzene rings is 6. The maximum Gasteiger partial charge on any atom is 0.157 e. The number of carboxylic acids is 2. The van der Waals surface area contributed by atoms with Crippen LogP contribution in [0.4, 0.5) is 0 Å². The molecule has 0 atom stereocenters. The van der Waals surface area contributed by atoms with Gasteiger partial charge in [0.25, 0.3) is 0 Å². The molecule has 0 heterocycles. The highest BCUT2D eigenvalue weighted by Crippen LogP contribution is 2.26. The van der Waals surface area contributed by atoms with Crippen LogP contribution in [0.15, 0.2) is 158 Å². The molecule has 10 heteroatoms. The summed E-state index contributed by atoms with van der Waals surface area (Å²) in [4.78, 5) is 22.8. The molecule has 0 saturated carbocycles. The van der Waals surface area contributed by atoms with Crippen molar-refractivity contribution in [3.63, 3.8) is 0 Å². The topological polar surface area (TPSA) is 168 Å². The van der Waals surface area contributed by atoms with Gasteiger partial charge in [-0.2, -0.15) is 0 Å². The fourth-order valence-electron chi connectivity index (χ4n) is 6.42. The van der Waals surface area contributed by atoms with E-state index < -0.39 is 11.9 Å². The Bertz CT molecular complexity index is 1890. The van der Waals surface area contributed by atoms with Crippen molar-refractivity contribution in [1.29, 1.82) is 0 Å². The molecule has 6 aromatic carbocycles. The molecule has 0 saturated heterocycles. The van der Waals surface area contributed by atoms with Crippen molar-refractivity contribution in [1.82, 2.24) is 9.80 Å². The second-order valence-electron chi connectivity index (χ2n) is 14.3. The van der Waals surface area contributed by atoms with Crippen molar-refractivity contribution in [3.05, 3.63) is 191 Å². The third kappa shape index (κ3) is 17.9. The molecule has 0 aliphatic rings. The van der Waals surface area contributed by atoms with E-state index in [2.05, 4.69) is 107 Å². The van der Waals surface area contributed by atoms with Crippen molar-refractivity contribution in [3.8, 4) is 23.0 Å². The predicted molar refractivity (Wildman–Crippen MR) is 230 cm³/mol. The summed E-state index contributed by atoms with van der Waals surface area (Å²) in [5, 5.41) is 56.2. The highest BCUT2D eigenvalue weighted by molar-refractivity contribution is 6.25. The molecule has 60 heavy (non-hydrogen) atoms. The fourth-order valence-corrected chi connectivity index (χ4v) is 6.42. The molecule has 314 valence electrons. The molecule has 6 aromatic rings. The summed E-state index contributed by atoms with van der Waals surface area (Å²) in [5.41, 5.74) is 7.48. The Kier molecular flexibility index (Phi) is 19.7. The minimum Gasteiger partial charge on any atom is -0.543 e. The molecule has 4 N–H and O–H groups in total. The smallest absolute Gasteiger partial charge is 0.157 e. The zero-order valence-electron chi connectivity index (χ0n) is 33.8. The normalized spacial score (nSPS) is 10.6. The van der Waals surface area contributed by atoms with Crippen molar-refractivity contribution in [2.45, 2.75) is 38.5 Å². The van der Waals surface area contributed by atoms with Gasteiger partial charge in [0.2, 0.25) is 0 Å². The van der Waals surface area contributed by atoms with Crippen molar-refractivity contribution in [2.75, 3.05) is 39.3 Å². The zero-order valence-corrected chi connectivity index (χ0v) is 33.8.